The summed E-state index contributed by atoms with van der Waals surface area (Å²) in [6.07, 6.45) is 1.61. The molecule has 0 bridgehead atoms. The highest BCUT2D eigenvalue weighted by Gasteiger charge is 2.34. The molecule has 2 heterocycles. The van der Waals surface area contributed by atoms with Crippen molar-refractivity contribution in [3.8, 4) is 11.5 Å². The third-order valence-electron chi connectivity index (χ3n) is 5.55. The molecule has 3 aromatic rings. The van der Waals surface area contributed by atoms with Gasteiger partial charge in [0.1, 0.15) is 0 Å². The third kappa shape index (κ3) is 5.20. The van der Waals surface area contributed by atoms with Crippen molar-refractivity contribution in [3.63, 3.8) is 0 Å². The van der Waals surface area contributed by atoms with Crippen LogP contribution < -0.4 is 24.4 Å². The normalized spacial score (nSPS) is 15.2. The number of fused-ring (bicyclic) bond motifs is 1. The number of aromatic nitrogens is 1. The second kappa shape index (κ2) is 10.9. The van der Waals surface area contributed by atoms with Gasteiger partial charge in [-0.15, -0.1) is 0 Å². The summed E-state index contributed by atoms with van der Waals surface area (Å²) in [6.45, 7) is 4.81. The number of allylic oxidation sites excluding steroid dienone is 1. The van der Waals surface area contributed by atoms with Crippen LogP contribution in [0.1, 0.15) is 37.9 Å². The molecule has 1 aliphatic heterocycles. The number of rotatable bonds is 6. The highest BCUT2D eigenvalue weighted by molar-refractivity contribution is 7.07. The predicted octanol–water partition coefficient (Wildman–Crippen LogP) is 4.04. The zero-order chi connectivity index (χ0) is 26.9. The van der Waals surface area contributed by atoms with Gasteiger partial charge in [-0.3, -0.25) is 14.2 Å². The van der Waals surface area contributed by atoms with Gasteiger partial charge in [0.05, 0.1) is 35.6 Å². The Morgan fingerprint density at radius 2 is 1.86 bits per heavy atom. The molecule has 0 fully saturated rings. The fourth-order valence-corrected chi connectivity index (χ4v) is 5.51. The third-order valence-corrected chi connectivity index (χ3v) is 7.19. The van der Waals surface area contributed by atoms with Crippen LogP contribution in [-0.4, -0.2) is 30.2 Å². The van der Waals surface area contributed by atoms with Crippen molar-refractivity contribution in [2.75, 3.05) is 13.7 Å². The van der Waals surface area contributed by atoms with Crippen LogP contribution in [0.3, 0.4) is 0 Å². The number of methoxy groups -OCH3 is 1. The number of thiazole rings is 1. The molecule has 0 N–H and O–H groups in total. The van der Waals surface area contributed by atoms with Crippen LogP contribution in [0.15, 0.2) is 57.5 Å². The minimum absolute atomic E-state index is 0.145. The van der Waals surface area contributed by atoms with Crippen LogP contribution in [0.4, 0.5) is 0 Å². The summed E-state index contributed by atoms with van der Waals surface area (Å²) in [5.41, 5.74) is 1.27. The Morgan fingerprint density at radius 3 is 2.49 bits per heavy atom. The van der Waals surface area contributed by atoms with Gasteiger partial charge in [-0.2, -0.15) is 0 Å². The molecule has 1 aromatic heterocycles. The first-order valence-electron chi connectivity index (χ1n) is 11.2. The Kier molecular flexibility index (Phi) is 7.87. The fourth-order valence-electron chi connectivity index (χ4n) is 3.98. The molecule has 11 heteroatoms. The summed E-state index contributed by atoms with van der Waals surface area (Å²) in [4.78, 5) is 43.3. The van der Waals surface area contributed by atoms with E-state index >= 15 is 0 Å². The summed E-state index contributed by atoms with van der Waals surface area (Å²) in [6, 6.07) is 9.02. The average molecular weight is 561 g/mol. The van der Waals surface area contributed by atoms with E-state index in [2.05, 4.69) is 4.99 Å². The van der Waals surface area contributed by atoms with Gasteiger partial charge in [0.15, 0.2) is 16.3 Å². The lowest BCUT2D eigenvalue weighted by molar-refractivity contribution is -0.139. The predicted molar refractivity (Wildman–Crippen MR) is 141 cm³/mol. The Hall–Kier alpha value is -3.40. The number of hydrogen-bond donors (Lipinski definition) is 0. The molecule has 0 saturated heterocycles. The number of hydrogen-bond acceptors (Lipinski definition) is 8. The first-order valence-corrected chi connectivity index (χ1v) is 12.7. The lowest BCUT2D eigenvalue weighted by Gasteiger charge is -2.25. The van der Waals surface area contributed by atoms with Gasteiger partial charge in [0, 0.05) is 22.5 Å². The van der Waals surface area contributed by atoms with Gasteiger partial charge in [-0.25, -0.2) is 9.79 Å². The monoisotopic (exact) mass is 560 g/mol. The molecule has 8 nitrogen and oxygen atoms in total. The van der Waals surface area contributed by atoms with Crippen molar-refractivity contribution in [3.05, 3.63) is 88.5 Å². The number of ether oxygens (including phenoxy) is 3. The first kappa shape index (κ1) is 26.7. The summed E-state index contributed by atoms with van der Waals surface area (Å²) >= 11 is 13.8. The van der Waals surface area contributed by atoms with Crippen LogP contribution in [-0.2, 0) is 14.3 Å². The zero-order valence-electron chi connectivity index (χ0n) is 20.3. The molecule has 0 saturated carbocycles. The molecule has 0 aliphatic carbocycles. The second-order valence-corrected chi connectivity index (χ2v) is 9.77. The molecule has 0 unspecified atom stereocenters. The van der Waals surface area contributed by atoms with Crippen LogP contribution in [0.25, 0.3) is 6.08 Å². The smallest absolute Gasteiger partial charge is 0.338 e. The van der Waals surface area contributed by atoms with Crippen molar-refractivity contribution in [1.29, 1.82) is 0 Å². The molecule has 0 amide bonds. The summed E-state index contributed by atoms with van der Waals surface area (Å²) in [5.74, 6) is -0.645. The highest BCUT2D eigenvalue weighted by atomic mass is 35.5. The van der Waals surface area contributed by atoms with E-state index < -0.39 is 18.0 Å². The summed E-state index contributed by atoms with van der Waals surface area (Å²) < 4.78 is 17.7. The molecule has 0 radical (unpaired) electrons. The topological polar surface area (TPSA) is 96.2 Å². The Bertz CT molecular complexity index is 1600. The molecule has 1 aliphatic rings. The molecule has 2 aromatic carbocycles. The standard InChI is InChI=1S/C26H22Cl2N2O6S/c1-5-35-25(33)22-13(2)29-26-30(23(22)15-9-10-19(36-14(3)31)20(11-15)34-4)24(32)21(37-26)12-16-17(27)7-6-8-18(16)28/h6-12,23H,5H2,1-4H3/t23-/m0/s1. The van der Waals surface area contributed by atoms with Gasteiger partial charge in [-0.05, 0) is 49.8 Å². The zero-order valence-corrected chi connectivity index (χ0v) is 22.7. The largest absolute Gasteiger partial charge is 0.493 e. The van der Waals surface area contributed by atoms with E-state index in [1.165, 1.54) is 18.6 Å². The number of carbonyl (C=O) groups is 2. The average Bonchev–Trinajstić information content (AvgIpc) is 3.15. The van der Waals surface area contributed by atoms with E-state index in [9.17, 15) is 14.4 Å². The number of benzene rings is 2. The molecule has 37 heavy (non-hydrogen) atoms. The second-order valence-electron chi connectivity index (χ2n) is 7.94. The van der Waals surface area contributed by atoms with Gasteiger partial charge in [0.2, 0.25) is 0 Å². The molecule has 192 valence electrons. The fraction of sp³-hybridized carbons (Fsp3) is 0.231. The molecule has 1 atom stereocenters. The lowest BCUT2D eigenvalue weighted by atomic mass is 9.95. The van der Waals surface area contributed by atoms with Gasteiger partial charge in [-0.1, -0.05) is 46.7 Å². The van der Waals surface area contributed by atoms with Gasteiger partial charge >= 0.3 is 11.9 Å². The summed E-state index contributed by atoms with van der Waals surface area (Å²) in [5, 5.41) is 0.785. The van der Waals surface area contributed by atoms with E-state index in [0.29, 0.717) is 36.2 Å². The van der Waals surface area contributed by atoms with Gasteiger partial charge in [0.25, 0.3) is 5.56 Å². The Labute approximate surface area is 226 Å². The van der Waals surface area contributed by atoms with E-state index in [-0.39, 0.29) is 29.2 Å². The van der Waals surface area contributed by atoms with E-state index in [4.69, 9.17) is 37.4 Å². The van der Waals surface area contributed by atoms with E-state index in [0.717, 1.165) is 11.3 Å². The highest BCUT2D eigenvalue weighted by Crippen LogP contribution is 2.36. The Balaban J connectivity index is 1.98. The van der Waals surface area contributed by atoms with E-state index in [1.54, 1.807) is 56.3 Å². The van der Waals surface area contributed by atoms with Crippen LogP contribution in [0.2, 0.25) is 10.0 Å². The maximum Gasteiger partial charge on any atom is 0.338 e. The quantitative estimate of drug-likeness (QED) is 0.333. The van der Waals surface area contributed by atoms with Crippen molar-refractivity contribution in [1.82, 2.24) is 4.57 Å². The maximum atomic E-state index is 13.7. The number of halogens is 2. The molecular weight excluding hydrogens is 539 g/mol. The molecule has 4 rings (SSSR count). The minimum Gasteiger partial charge on any atom is -0.493 e. The van der Waals surface area contributed by atoms with Crippen molar-refractivity contribution in [2.45, 2.75) is 26.8 Å². The van der Waals surface area contributed by atoms with Crippen molar-refractivity contribution in [2.24, 2.45) is 4.99 Å². The molecule has 0 spiro atoms. The van der Waals surface area contributed by atoms with Crippen LogP contribution >= 0.6 is 34.5 Å². The minimum atomic E-state index is -0.876. The first-order chi connectivity index (χ1) is 17.7. The maximum absolute atomic E-state index is 13.7. The number of nitrogens with zero attached hydrogens (tertiary/aromatic N) is 2. The van der Waals surface area contributed by atoms with Crippen molar-refractivity contribution >= 4 is 52.6 Å². The molecular formula is C26H22Cl2N2O6S. The summed E-state index contributed by atoms with van der Waals surface area (Å²) in [7, 11) is 1.43. The van der Waals surface area contributed by atoms with E-state index in [1.807, 2.05) is 0 Å². The lowest BCUT2D eigenvalue weighted by Crippen LogP contribution is -2.40. The van der Waals surface area contributed by atoms with Crippen LogP contribution in [0.5, 0.6) is 11.5 Å². The Morgan fingerprint density at radius 1 is 1.16 bits per heavy atom. The SMILES string of the molecule is CCOC(=O)C1=C(C)N=c2sc(=Cc3c(Cl)cccc3Cl)c(=O)n2[C@H]1c1ccc(OC(C)=O)c(OC)c1. The van der Waals surface area contributed by atoms with Crippen LogP contribution in [0, 0.1) is 0 Å². The van der Waals surface area contributed by atoms with Crippen molar-refractivity contribution < 1.29 is 23.8 Å². The number of carbonyl (C=O) groups excluding carboxylic acids is 2. The van der Waals surface area contributed by atoms with Gasteiger partial charge < -0.3 is 14.2 Å². The number of esters is 2.